The molecule has 1 aliphatic heterocycles. The molecule has 4 amide bonds. The van der Waals surface area contributed by atoms with Gasteiger partial charge in [-0.2, -0.15) is 0 Å². The molecule has 1 saturated heterocycles. The number of benzene rings is 1. The number of nitrogens with one attached hydrogen (secondary N) is 1. The highest BCUT2D eigenvalue weighted by molar-refractivity contribution is 6.12. The number of likely N-dealkylation sites (N-methyl/N-ethyl adjacent to an activating group) is 1. The molecule has 2 unspecified atom stereocenters. The minimum absolute atomic E-state index is 0.273. The van der Waals surface area contributed by atoms with Gasteiger partial charge in [0, 0.05) is 31.3 Å². The number of aromatic nitrogens is 2. The van der Waals surface area contributed by atoms with Crippen molar-refractivity contribution >= 4 is 29.4 Å². The molecular formula is C27H30N6O3. The first kappa shape index (κ1) is 24.8. The zero-order valence-electron chi connectivity index (χ0n) is 20.4. The molecule has 3 atom stereocenters. The maximum absolute atomic E-state index is 13.6. The Morgan fingerprint density at radius 2 is 1.92 bits per heavy atom. The van der Waals surface area contributed by atoms with Gasteiger partial charge in [0.25, 0.3) is 5.91 Å². The summed E-state index contributed by atoms with van der Waals surface area (Å²) in [6.07, 6.45) is 6.68. The maximum atomic E-state index is 13.6. The third kappa shape index (κ3) is 5.19. The van der Waals surface area contributed by atoms with Crippen LogP contribution in [0.15, 0.2) is 73.2 Å². The van der Waals surface area contributed by atoms with Gasteiger partial charge in [0.15, 0.2) is 0 Å². The topological polar surface area (TPSA) is 122 Å². The van der Waals surface area contributed by atoms with Gasteiger partial charge in [-0.15, -0.1) is 0 Å². The van der Waals surface area contributed by atoms with Gasteiger partial charge < -0.3 is 16.0 Å². The van der Waals surface area contributed by atoms with Gasteiger partial charge >= 0.3 is 6.03 Å². The van der Waals surface area contributed by atoms with E-state index in [4.69, 9.17) is 5.73 Å². The van der Waals surface area contributed by atoms with Crippen molar-refractivity contribution < 1.29 is 14.4 Å². The van der Waals surface area contributed by atoms with E-state index in [2.05, 4.69) is 15.3 Å². The van der Waals surface area contributed by atoms with Crippen molar-refractivity contribution in [2.24, 2.45) is 5.92 Å². The molecule has 4 rings (SSSR count). The van der Waals surface area contributed by atoms with Crippen molar-refractivity contribution in [2.45, 2.75) is 38.3 Å². The highest BCUT2D eigenvalue weighted by atomic mass is 16.2. The molecule has 1 aromatic carbocycles. The number of hydrogen-bond donors (Lipinski definition) is 2. The quantitative estimate of drug-likeness (QED) is 0.471. The van der Waals surface area contributed by atoms with Crippen LogP contribution < -0.4 is 16.0 Å². The largest absolute Gasteiger partial charge is 0.384 e. The fraction of sp³-hybridized carbons (Fsp3) is 0.296. The molecule has 2 aromatic heterocycles. The van der Waals surface area contributed by atoms with Crippen LogP contribution >= 0.6 is 0 Å². The summed E-state index contributed by atoms with van der Waals surface area (Å²) in [4.78, 5) is 51.0. The molecule has 186 valence electrons. The van der Waals surface area contributed by atoms with Crippen LogP contribution in [0.25, 0.3) is 0 Å². The first-order valence-electron chi connectivity index (χ1n) is 12.0. The van der Waals surface area contributed by atoms with Gasteiger partial charge in [-0.25, -0.2) is 9.78 Å². The summed E-state index contributed by atoms with van der Waals surface area (Å²) in [5, 5.41) is 2.95. The van der Waals surface area contributed by atoms with E-state index in [-0.39, 0.29) is 18.4 Å². The van der Waals surface area contributed by atoms with Crippen LogP contribution in [0, 0.1) is 5.92 Å². The maximum Gasteiger partial charge on any atom is 0.325 e. The lowest BCUT2D eigenvalue weighted by atomic mass is 9.81. The van der Waals surface area contributed by atoms with Crippen molar-refractivity contribution in [3.8, 4) is 0 Å². The normalized spacial score (nSPS) is 17.7. The molecule has 3 aromatic rings. The first-order valence-corrected chi connectivity index (χ1v) is 12.0. The van der Waals surface area contributed by atoms with Gasteiger partial charge in [0.1, 0.15) is 11.9 Å². The van der Waals surface area contributed by atoms with Crippen LogP contribution in [-0.2, 0) is 16.0 Å². The Balaban J connectivity index is 1.60. The van der Waals surface area contributed by atoms with E-state index in [1.807, 2.05) is 31.2 Å². The molecule has 0 bridgehead atoms. The number of anilines is 2. The molecule has 0 saturated carbocycles. The number of nitrogens with two attached hydrogens (primary N) is 1. The third-order valence-electron chi connectivity index (χ3n) is 6.42. The smallest absolute Gasteiger partial charge is 0.325 e. The average molecular weight is 487 g/mol. The van der Waals surface area contributed by atoms with E-state index in [1.54, 1.807) is 56.0 Å². The fourth-order valence-electron chi connectivity index (χ4n) is 4.52. The van der Waals surface area contributed by atoms with Crippen LogP contribution in [-0.4, -0.2) is 45.8 Å². The number of pyridine rings is 2. The number of para-hydroxylation sites is 1. The van der Waals surface area contributed by atoms with Gasteiger partial charge in [0.2, 0.25) is 5.91 Å². The number of carbonyl (C=O) groups is 3. The summed E-state index contributed by atoms with van der Waals surface area (Å²) in [5.41, 5.74) is 8.10. The second-order valence-electron chi connectivity index (χ2n) is 8.86. The average Bonchev–Trinajstić information content (AvgIpc) is 2.90. The Bertz CT molecular complexity index is 1220. The van der Waals surface area contributed by atoms with E-state index in [0.29, 0.717) is 17.9 Å². The highest BCUT2D eigenvalue weighted by Gasteiger charge is 2.55. The Labute approximate surface area is 210 Å². The number of imide groups is 1. The van der Waals surface area contributed by atoms with Gasteiger partial charge in [-0.3, -0.25) is 19.5 Å². The Morgan fingerprint density at radius 1 is 1.14 bits per heavy atom. The minimum atomic E-state index is -0.951. The Kier molecular flexibility index (Phi) is 7.58. The summed E-state index contributed by atoms with van der Waals surface area (Å²) >= 11 is 0. The standard InChI is InChI=1S/C27H30N6O3/c1-3-8-22(19-9-7-13-29-17-19)31-27(36)33-24(26(35)32(2)20-10-5-4-6-11-20)21(25(33)34)15-18-12-14-30-23(28)16-18/h4-7,9-14,16-17,21-22,24H,3,8,15H2,1-2H3,(H2,28,30)(H,31,36)/t21-,22?,24?/m1/s1. The molecule has 1 aliphatic rings. The molecule has 36 heavy (non-hydrogen) atoms. The van der Waals surface area contributed by atoms with Gasteiger partial charge in [-0.1, -0.05) is 37.6 Å². The number of β-lactam (4-membered cyclic amide) rings is 1. The molecule has 9 heteroatoms. The van der Waals surface area contributed by atoms with Crippen LogP contribution in [0.1, 0.15) is 36.9 Å². The molecule has 3 N–H and O–H groups in total. The molecule has 1 fully saturated rings. The molecule has 0 spiro atoms. The number of hydrogen-bond acceptors (Lipinski definition) is 6. The zero-order valence-corrected chi connectivity index (χ0v) is 20.4. The van der Waals surface area contributed by atoms with Crippen LogP contribution in [0.2, 0.25) is 0 Å². The van der Waals surface area contributed by atoms with E-state index in [0.717, 1.165) is 22.4 Å². The Morgan fingerprint density at radius 3 is 2.58 bits per heavy atom. The number of rotatable bonds is 8. The molecule has 9 nitrogen and oxygen atoms in total. The van der Waals surface area contributed by atoms with E-state index < -0.39 is 23.9 Å². The van der Waals surface area contributed by atoms with Crippen molar-refractivity contribution in [3.05, 3.63) is 84.3 Å². The van der Waals surface area contributed by atoms with Gasteiger partial charge in [-0.05, 0) is 54.3 Å². The predicted molar refractivity (Wildman–Crippen MR) is 137 cm³/mol. The number of urea groups is 1. The SMILES string of the molecule is CCCC(NC(=O)N1C(=O)[C@H](Cc2ccnc(N)c2)C1C(=O)N(C)c1ccccc1)c1cccnc1. The van der Waals surface area contributed by atoms with E-state index in [9.17, 15) is 14.4 Å². The summed E-state index contributed by atoms with van der Waals surface area (Å²) in [7, 11) is 1.65. The predicted octanol–water partition coefficient (Wildman–Crippen LogP) is 3.34. The lowest BCUT2D eigenvalue weighted by Crippen LogP contribution is -2.70. The monoisotopic (exact) mass is 486 g/mol. The van der Waals surface area contributed by atoms with Gasteiger partial charge in [0.05, 0.1) is 12.0 Å². The number of nitrogen functional groups attached to an aromatic ring is 1. The van der Waals surface area contributed by atoms with Crippen molar-refractivity contribution in [1.82, 2.24) is 20.2 Å². The van der Waals surface area contributed by atoms with Crippen LogP contribution in [0.4, 0.5) is 16.3 Å². The zero-order chi connectivity index (χ0) is 25.7. The third-order valence-corrected chi connectivity index (χ3v) is 6.42. The summed E-state index contributed by atoms with van der Waals surface area (Å²) in [6.45, 7) is 2.02. The molecule has 0 aliphatic carbocycles. The number of carbonyl (C=O) groups excluding carboxylic acids is 3. The fourth-order valence-corrected chi connectivity index (χ4v) is 4.52. The lowest BCUT2D eigenvalue weighted by molar-refractivity contribution is -0.156. The van der Waals surface area contributed by atoms with E-state index in [1.165, 1.54) is 4.90 Å². The minimum Gasteiger partial charge on any atom is -0.384 e. The van der Waals surface area contributed by atoms with Crippen molar-refractivity contribution in [3.63, 3.8) is 0 Å². The van der Waals surface area contributed by atoms with Crippen molar-refractivity contribution in [2.75, 3.05) is 17.7 Å². The molecule has 3 heterocycles. The number of amides is 4. The first-order chi connectivity index (χ1) is 17.4. The summed E-state index contributed by atoms with van der Waals surface area (Å²) in [6, 6.07) is 14.4. The molecular weight excluding hydrogens is 456 g/mol. The molecule has 0 radical (unpaired) electrons. The number of nitrogens with zero attached hydrogens (tertiary/aromatic N) is 4. The number of likely N-dealkylation sites (tertiary alicyclic amines) is 1. The van der Waals surface area contributed by atoms with Crippen LogP contribution in [0.3, 0.4) is 0 Å². The van der Waals surface area contributed by atoms with E-state index >= 15 is 0 Å². The summed E-state index contributed by atoms with van der Waals surface area (Å²) in [5.74, 6) is -1.10. The van der Waals surface area contributed by atoms with Crippen LogP contribution in [0.5, 0.6) is 0 Å². The van der Waals surface area contributed by atoms with Crippen molar-refractivity contribution in [1.29, 1.82) is 0 Å². The summed E-state index contributed by atoms with van der Waals surface area (Å²) < 4.78 is 0. The second kappa shape index (κ2) is 11.0. The lowest BCUT2D eigenvalue weighted by Gasteiger charge is -2.46. The highest BCUT2D eigenvalue weighted by Crippen LogP contribution is 2.33. The Hall–Kier alpha value is -4.27. The second-order valence-corrected chi connectivity index (χ2v) is 8.86.